The third kappa shape index (κ3) is 5.92. The minimum Gasteiger partial charge on any atom is -0.493 e. The highest BCUT2D eigenvalue weighted by Gasteiger charge is 2.32. The number of carboxylic acids is 1. The van der Waals surface area contributed by atoms with Gasteiger partial charge in [-0.15, -0.1) is 5.10 Å². The van der Waals surface area contributed by atoms with Gasteiger partial charge >= 0.3 is 5.97 Å². The Balaban J connectivity index is 1.71. The monoisotopic (exact) mass is 415 g/mol. The minimum atomic E-state index is -1.03. The molecule has 1 aliphatic rings. The number of hydrogen-bond acceptors (Lipinski definition) is 7. The van der Waals surface area contributed by atoms with Gasteiger partial charge in [-0.1, -0.05) is 18.7 Å². The molecule has 0 saturated carbocycles. The molecule has 1 atom stereocenters. The van der Waals surface area contributed by atoms with Crippen LogP contribution in [0.1, 0.15) is 30.9 Å². The number of aromatic nitrogens is 2. The second-order valence-corrected chi connectivity index (χ2v) is 7.49. The van der Waals surface area contributed by atoms with E-state index in [1.165, 1.54) is 0 Å². The standard InChI is InChI=1S/C19H21N5O4S/c1-2-7-28-15-4-3-13(8-14(15)11-24-6-5-20-12-24)10-21-23-19-22-18(27)16(29-19)9-17(25)26/h3-6,8,10,12,16H,2,7,9,11H2,1H3,(H,25,26)(H,22,23,27). The maximum atomic E-state index is 11.7. The first-order chi connectivity index (χ1) is 14.0. The number of amidine groups is 1. The zero-order valence-electron chi connectivity index (χ0n) is 15.8. The number of carbonyl (C=O) groups is 2. The van der Waals surface area contributed by atoms with Gasteiger partial charge in [-0.3, -0.25) is 9.59 Å². The van der Waals surface area contributed by atoms with Crippen LogP contribution in [0.4, 0.5) is 0 Å². The molecular weight excluding hydrogens is 394 g/mol. The van der Waals surface area contributed by atoms with Gasteiger partial charge in [0, 0.05) is 18.0 Å². The van der Waals surface area contributed by atoms with Crippen molar-refractivity contribution in [2.75, 3.05) is 6.61 Å². The maximum Gasteiger partial charge on any atom is 0.305 e. The van der Waals surface area contributed by atoms with E-state index in [9.17, 15) is 9.59 Å². The highest BCUT2D eigenvalue weighted by molar-refractivity contribution is 8.15. The van der Waals surface area contributed by atoms with E-state index < -0.39 is 11.2 Å². The number of carbonyl (C=O) groups excluding carboxylic acids is 1. The van der Waals surface area contributed by atoms with Gasteiger partial charge in [0.2, 0.25) is 5.91 Å². The summed E-state index contributed by atoms with van der Waals surface area (Å²) in [5, 5.41) is 19.0. The number of imidazole rings is 1. The Morgan fingerprint density at radius 1 is 1.48 bits per heavy atom. The number of benzene rings is 1. The van der Waals surface area contributed by atoms with Crippen molar-refractivity contribution >= 4 is 35.0 Å². The topological polar surface area (TPSA) is 118 Å². The van der Waals surface area contributed by atoms with Crippen LogP contribution < -0.4 is 10.1 Å². The quantitative estimate of drug-likeness (QED) is 0.478. The molecule has 0 radical (unpaired) electrons. The predicted molar refractivity (Wildman–Crippen MR) is 110 cm³/mol. The Bertz CT molecular complexity index is 927. The molecule has 152 valence electrons. The molecule has 2 N–H and O–H groups in total. The Labute approximate surface area is 171 Å². The zero-order chi connectivity index (χ0) is 20.6. The molecule has 0 spiro atoms. The Morgan fingerprint density at radius 2 is 2.34 bits per heavy atom. The first-order valence-electron chi connectivity index (χ1n) is 9.07. The van der Waals surface area contributed by atoms with Gasteiger partial charge in [0.1, 0.15) is 11.0 Å². The van der Waals surface area contributed by atoms with E-state index in [2.05, 4.69) is 27.4 Å². The van der Waals surface area contributed by atoms with Gasteiger partial charge in [-0.05, 0) is 30.2 Å². The lowest BCUT2D eigenvalue weighted by atomic mass is 10.1. The van der Waals surface area contributed by atoms with E-state index in [4.69, 9.17) is 9.84 Å². The van der Waals surface area contributed by atoms with Crippen molar-refractivity contribution < 1.29 is 19.4 Å². The van der Waals surface area contributed by atoms with E-state index in [0.29, 0.717) is 18.3 Å². The number of nitrogens with zero attached hydrogens (tertiary/aromatic N) is 4. The van der Waals surface area contributed by atoms with Gasteiger partial charge in [0.15, 0.2) is 5.17 Å². The summed E-state index contributed by atoms with van der Waals surface area (Å²) in [6.07, 6.45) is 7.58. The highest BCUT2D eigenvalue weighted by atomic mass is 32.2. The van der Waals surface area contributed by atoms with Crippen LogP contribution in [0.3, 0.4) is 0 Å². The summed E-state index contributed by atoms with van der Waals surface area (Å²) in [4.78, 5) is 26.6. The number of ether oxygens (including phenoxy) is 1. The van der Waals surface area contributed by atoms with E-state index in [-0.39, 0.29) is 12.3 Å². The lowest BCUT2D eigenvalue weighted by molar-refractivity contribution is -0.138. The van der Waals surface area contributed by atoms with Gasteiger partial charge < -0.3 is 19.7 Å². The summed E-state index contributed by atoms with van der Waals surface area (Å²) in [6.45, 7) is 3.29. The van der Waals surface area contributed by atoms with Gasteiger partial charge in [0.25, 0.3) is 0 Å². The molecule has 29 heavy (non-hydrogen) atoms. The zero-order valence-corrected chi connectivity index (χ0v) is 16.6. The molecule has 1 aromatic heterocycles. The molecule has 9 nitrogen and oxygen atoms in total. The molecule has 1 saturated heterocycles. The smallest absolute Gasteiger partial charge is 0.305 e. The molecule has 1 unspecified atom stereocenters. The van der Waals surface area contributed by atoms with Gasteiger partial charge in [-0.2, -0.15) is 5.10 Å². The molecule has 2 aromatic rings. The average Bonchev–Trinajstić information content (AvgIpc) is 3.31. The number of nitrogens with one attached hydrogen (secondary N) is 1. The summed E-state index contributed by atoms with van der Waals surface area (Å²) >= 11 is 1.06. The first-order valence-corrected chi connectivity index (χ1v) is 9.95. The fourth-order valence-corrected chi connectivity index (χ4v) is 3.54. The molecule has 2 heterocycles. The van der Waals surface area contributed by atoms with Crippen molar-refractivity contribution in [3.8, 4) is 5.75 Å². The fraction of sp³-hybridized carbons (Fsp3) is 0.316. The third-order valence-electron chi connectivity index (χ3n) is 3.95. The van der Waals surface area contributed by atoms with Crippen molar-refractivity contribution in [1.29, 1.82) is 0 Å². The molecular formula is C19H21N5O4S. The Kier molecular flexibility index (Phi) is 7.01. The van der Waals surface area contributed by atoms with E-state index in [1.807, 2.05) is 29.0 Å². The fourth-order valence-electron chi connectivity index (χ4n) is 2.63. The summed E-state index contributed by atoms with van der Waals surface area (Å²) in [7, 11) is 0. The first kappa shape index (κ1) is 20.6. The molecule has 1 aromatic carbocycles. The van der Waals surface area contributed by atoms with Crippen molar-refractivity contribution in [2.45, 2.75) is 31.6 Å². The molecule has 1 fully saturated rings. The summed E-state index contributed by atoms with van der Waals surface area (Å²) in [5.74, 6) is -0.594. The van der Waals surface area contributed by atoms with Crippen molar-refractivity contribution in [1.82, 2.24) is 14.9 Å². The molecule has 1 aliphatic heterocycles. The van der Waals surface area contributed by atoms with Crippen LogP contribution in [0.25, 0.3) is 0 Å². The summed E-state index contributed by atoms with van der Waals surface area (Å²) in [6, 6.07) is 5.73. The summed E-state index contributed by atoms with van der Waals surface area (Å²) < 4.78 is 7.77. The van der Waals surface area contributed by atoms with Gasteiger partial charge in [0.05, 0.1) is 32.1 Å². The molecule has 10 heteroatoms. The SMILES string of the molecule is CCCOc1ccc(C=NN=C2NC(=O)C(CC(=O)O)S2)cc1Cn1ccnc1. The van der Waals surface area contributed by atoms with E-state index >= 15 is 0 Å². The average molecular weight is 415 g/mol. The molecule has 1 amide bonds. The van der Waals surface area contributed by atoms with E-state index in [0.717, 1.165) is 35.1 Å². The second-order valence-electron chi connectivity index (χ2n) is 6.29. The van der Waals surface area contributed by atoms with Crippen LogP contribution in [0.15, 0.2) is 47.1 Å². The number of aliphatic carboxylic acids is 1. The van der Waals surface area contributed by atoms with Crippen LogP contribution in [0, 0.1) is 0 Å². The predicted octanol–water partition coefficient (Wildman–Crippen LogP) is 2.12. The molecule has 0 bridgehead atoms. The lowest BCUT2D eigenvalue weighted by Crippen LogP contribution is -2.26. The van der Waals surface area contributed by atoms with Gasteiger partial charge in [-0.25, -0.2) is 4.98 Å². The van der Waals surface area contributed by atoms with E-state index in [1.54, 1.807) is 18.7 Å². The van der Waals surface area contributed by atoms with Crippen molar-refractivity contribution in [3.05, 3.63) is 48.0 Å². The number of carboxylic acid groups (broad SMARTS) is 1. The highest BCUT2D eigenvalue weighted by Crippen LogP contribution is 2.23. The lowest BCUT2D eigenvalue weighted by Gasteiger charge is -2.12. The maximum absolute atomic E-state index is 11.7. The normalized spacial score (nSPS) is 17.8. The van der Waals surface area contributed by atoms with Crippen LogP contribution in [0.2, 0.25) is 0 Å². The van der Waals surface area contributed by atoms with Crippen LogP contribution in [-0.2, 0) is 16.1 Å². The summed E-state index contributed by atoms with van der Waals surface area (Å²) in [5.41, 5.74) is 1.81. The van der Waals surface area contributed by atoms with Crippen LogP contribution in [-0.4, -0.2) is 49.8 Å². The number of hydrogen-bond donors (Lipinski definition) is 2. The molecule has 0 aliphatic carbocycles. The molecule has 3 rings (SSSR count). The van der Waals surface area contributed by atoms with Crippen molar-refractivity contribution in [3.63, 3.8) is 0 Å². The minimum absolute atomic E-state index is 0.254. The number of thioether (sulfide) groups is 1. The van der Waals surface area contributed by atoms with Crippen molar-refractivity contribution in [2.24, 2.45) is 10.2 Å². The largest absolute Gasteiger partial charge is 0.493 e. The number of amides is 1. The van der Waals surface area contributed by atoms with Crippen LogP contribution >= 0.6 is 11.8 Å². The third-order valence-corrected chi connectivity index (χ3v) is 5.02. The van der Waals surface area contributed by atoms with Crippen LogP contribution in [0.5, 0.6) is 5.75 Å². The second kappa shape index (κ2) is 9.87. The number of rotatable bonds is 9. The Morgan fingerprint density at radius 3 is 3.07 bits per heavy atom. The Hall–Kier alpha value is -3.14.